The zero-order valence-corrected chi connectivity index (χ0v) is 24.4. The average Bonchev–Trinajstić information content (AvgIpc) is 3.00. The minimum absolute atomic E-state index is 0.116. The van der Waals surface area contributed by atoms with E-state index in [9.17, 15) is 9.59 Å². The number of anilines is 1. The molecule has 41 heavy (non-hydrogen) atoms. The molecule has 0 bridgehead atoms. The summed E-state index contributed by atoms with van der Waals surface area (Å²) in [5, 5.41) is 0. The largest absolute Gasteiger partial charge is 0.494 e. The average molecular weight is 568 g/mol. The SMILES string of the molecule is CCCCOc1ccc(-c2cc(C(=O)OC3CCC4CCCCC4C3)c(N)c3c2C(=O)c2ccccc2C3=S)cc1. The van der Waals surface area contributed by atoms with E-state index in [2.05, 4.69) is 6.92 Å². The number of esters is 1. The summed E-state index contributed by atoms with van der Waals surface area (Å²) in [6.07, 6.45) is 9.91. The molecule has 3 aliphatic rings. The molecule has 0 amide bonds. The van der Waals surface area contributed by atoms with Gasteiger partial charge in [0.2, 0.25) is 0 Å². The molecular formula is C35H37NO4S. The summed E-state index contributed by atoms with van der Waals surface area (Å²) in [7, 11) is 0. The lowest BCUT2D eigenvalue weighted by molar-refractivity contribution is -0.000835. The van der Waals surface area contributed by atoms with Crippen LogP contribution in [0, 0.1) is 11.8 Å². The van der Waals surface area contributed by atoms with E-state index < -0.39 is 5.97 Å². The van der Waals surface area contributed by atoms with E-state index in [1.807, 2.05) is 42.5 Å². The Hall–Kier alpha value is -3.51. The van der Waals surface area contributed by atoms with Gasteiger partial charge in [0, 0.05) is 22.3 Å². The molecule has 2 fully saturated rings. The molecule has 212 valence electrons. The van der Waals surface area contributed by atoms with Crippen molar-refractivity contribution in [2.24, 2.45) is 11.8 Å². The maximum absolute atomic E-state index is 13.9. The fourth-order valence-electron chi connectivity index (χ4n) is 6.93. The van der Waals surface area contributed by atoms with Crippen LogP contribution in [0.1, 0.15) is 102 Å². The molecule has 0 heterocycles. The molecule has 3 unspecified atom stereocenters. The predicted molar refractivity (Wildman–Crippen MR) is 166 cm³/mol. The van der Waals surface area contributed by atoms with Gasteiger partial charge in [-0.25, -0.2) is 4.79 Å². The number of thiocarbonyl (C=S) groups is 1. The van der Waals surface area contributed by atoms with Crippen molar-refractivity contribution >= 4 is 34.5 Å². The predicted octanol–water partition coefficient (Wildman–Crippen LogP) is 7.94. The third-order valence-corrected chi connectivity index (χ3v) is 9.58. The van der Waals surface area contributed by atoms with Gasteiger partial charge in [-0.3, -0.25) is 4.79 Å². The van der Waals surface area contributed by atoms with Crippen LogP contribution in [0.25, 0.3) is 11.1 Å². The molecule has 2 N–H and O–H groups in total. The summed E-state index contributed by atoms with van der Waals surface area (Å²) in [5.74, 6) is 1.56. The maximum Gasteiger partial charge on any atom is 0.340 e. The van der Waals surface area contributed by atoms with Gasteiger partial charge >= 0.3 is 5.97 Å². The zero-order valence-electron chi connectivity index (χ0n) is 23.6. The second kappa shape index (κ2) is 11.8. The Balaban J connectivity index is 1.38. The van der Waals surface area contributed by atoms with E-state index in [0.717, 1.165) is 49.3 Å². The van der Waals surface area contributed by atoms with Crippen LogP contribution in [-0.4, -0.2) is 29.3 Å². The first-order valence-electron chi connectivity index (χ1n) is 15.0. The normalized spacial score (nSPS) is 21.4. The second-order valence-electron chi connectivity index (χ2n) is 11.7. The minimum atomic E-state index is -0.445. The number of benzene rings is 3. The number of carbonyl (C=O) groups is 2. The molecule has 3 aromatic rings. The molecule has 6 rings (SSSR count). The van der Waals surface area contributed by atoms with Crippen LogP contribution in [0.15, 0.2) is 54.6 Å². The van der Waals surface area contributed by atoms with Crippen LogP contribution in [0.4, 0.5) is 5.69 Å². The highest BCUT2D eigenvalue weighted by Crippen LogP contribution is 2.43. The van der Waals surface area contributed by atoms with Gasteiger partial charge in [-0.2, -0.15) is 0 Å². The first-order valence-corrected chi connectivity index (χ1v) is 15.5. The highest BCUT2D eigenvalue weighted by molar-refractivity contribution is 7.81. The lowest BCUT2D eigenvalue weighted by atomic mass is 9.70. The Morgan fingerprint density at radius 3 is 2.41 bits per heavy atom. The minimum Gasteiger partial charge on any atom is -0.494 e. The highest BCUT2D eigenvalue weighted by Gasteiger charge is 2.36. The first kappa shape index (κ1) is 27.6. The van der Waals surface area contributed by atoms with Gasteiger partial charge in [0.25, 0.3) is 0 Å². The smallest absolute Gasteiger partial charge is 0.340 e. The van der Waals surface area contributed by atoms with Gasteiger partial charge in [0.05, 0.1) is 22.7 Å². The van der Waals surface area contributed by atoms with Gasteiger partial charge < -0.3 is 15.2 Å². The number of hydrogen-bond donors (Lipinski definition) is 1. The van der Waals surface area contributed by atoms with Crippen LogP contribution in [0.2, 0.25) is 0 Å². The number of hydrogen-bond acceptors (Lipinski definition) is 6. The van der Waals surface area contributed by atoms with Crippen LogP contribution in [0.3, 0.4) is 0 Å². The molecule has 2 saturated carbocycles. The molecule has 0 saturated heterocycles. The van der Waals surface area contributed by atoms with Crippen LogP contribution >= 0.6 is 12.2 Å². The maximum atomic E-state index is 13.9. The number of unbranched alkanes of at least 4 members (excludes halogenated alkanes) is 1. The van der Waals surface area contributed by atoms with Gasteiger partial charge in [-0.15, -0.1) is 0 Å². The molecule has 3 atom stereocenters. The number of ketones is 1. The molecule has 0 aliphatic heterocycles. The number of fused-ring (bicyclic) bond motifs is 3. The number of nitrogen functional groups attached to an aromatic ring is 1. The van der Waals surface area contributed by atoms with Crippen molar-refractivity contribution in [3.63, 3.8) is 0 Å². The van der Waals surface area contributed by atoms with Crippen LogP contribution in [0.5, 0.6) is 5.75 Å². The van der Waals surface area contributed by atoms with Crippen LogP contribution in [-0.2, 0) is 4.74 Å². The Kier molecular flexibility index (Phi) is 7.94. The van der Waals surface area contributed by atoms with Crippen molar-refractivity contribution in [2.45, 2.75) is 70.8 Å². The molecule has 0 radical (unpaired) electrons. The van der Waals surface area contributed by atoms with Gasteiger partial charge in [-0.05, 0) is 66.8 Å². The van der Waals surface area contributed by atoms with Crippen molar-refractivity contribution in [3.05, 3.63) is 82.4 Å². The summed E-state index contributed by atoms with van der Waals surface area (Å²) in [4.78, 5) is 28.1. The van der Waals surface area contributed by atoms with E-state index >= 15 is 0 Å². The van der Waals surface area contributed by atoms with Crippen LogP contribution < -0.4 is 10.5 Å². The van der Waals surface area contributed by atoms with E-state index in [-0.39, 0.29) is 23.1 Å². The number of nitrogens with two attached hydrogens (primary N) is 1. The molecule has 0 spiro atoms. The van der Waals surface area contributed by atoms with Crippen molar-refractivity contribution < 1.29 is 19.1 Å². The summed E-state index contributed by atoms with van der Waals surface area (Å²) in [6.45, 7) is 2.77. The first-order chi connectivity index (χ1) is 20.0. The number of ether oxygens (including phenoxy) is 2. The number of carbonyl (C=O) groups excluding carboxylic acids is 2. The zero-order chi connectivity index (χ0) is 28.5. The van der Waals surface area contributed by atoms with Gasteiger partial charge in [0.1, 0.15) is 11.9 Å². The fourth-order valence-corrected chi connectivity index (χ4v) is 7.32. The molecule has 5 nitrogen and oxygen atoms in total. The van der Waals surface area contributed by atoms with E-state index in [0.29, 0.717) is 45.2 Å². The van der Waals surface area contributed by atoms with Crippen molar-refractivity contribution in [1.29, 1.82) is 0 Å². The quantitative estimate of drug-likeness (QED) is 0.106. The molecular weight excluding hydrogens is 530 g/mol. The van der Waals surface area contributed by atoms with Crippen molar-refractivity contribution in [3.8, 4) is 16.9 Å². The molecule has 0 aromatic heterocycles. The summed E-state index contributed by atoms with van der Waals surface area (Å²) in [6, 6.07) is 16.7. The highest BCUT2D eigenvalue weighted by atomic mass is 32.1. The summed E-state index contributed by atoms with van der Waals surface area (Å²) in [5.41, 5.74) is 10.7. The Bertz CT molecular complexity index is 1490. The van der Waals surface area contributed by atoms with E-state index in [4.69, 9.17) is 27.4 Å². The summed E-state index contributed by atoms with van der Waals surface area (Å²) < 4.78 is 12.0. The fraction of sp³-hybridized carbons (Fsp3) is 0.400. The van der Waals surface area contributed by atoms with Gasteiger partial charge in [-0.1, -0.05) is 87.6 Å². The lowest BCUT2D eigenvalue weighted by Gasteiger charge is -2.38. The Labute approximate surface area is 247 Å². The van der Waals surface area contributed by atoms with Crippen molar-refractivity contribution in [2.75, 3.05) is 12.3 Å². The monoisotopic (exact) mass is 567 g/mol. The molecule has 3 aliphatic carbocycles. The third kappa shape index (κ3) is 5.30. The topological polar surface area (TPSA) is 78.6 Å². The van der Waals surface area contributed by atoms with Crippen molar-refractivity contribution in [1.82, 2.24) is 0 Å². The Morgan fingerprint density at radius 1 is 0.927 bits per heavy atom. The summed E-state index contributed by atoms with van der Waals surface area (Å²) >= 11 is 5.91. The number of rotatable bonds is 7. The lowest BCUT2D eigenvalue weighted by Crippen LogP contribution is -2.33. The third-order valence-electron chi connectivity index (χ3n) is 9.16. The second-order valence-corrected chi connectivity index (χ2v) is 12.1. The standard InChI is InChI=1S/C35H37NO4S/c1-2-3-18-39-24-15-13-22(14-16-24)28-20-29(35(38)40-25-17-12-21-8-4-5-9-23(21)19-25)32(36)31-30(28)33(37)26-10-6-7-11-27(26)34(31)41/h6-7,10-11,13-16,20-21,23,25H,2-5,8-9,12,17-19,36H2,1H3. The Morgan fingerprint density at radius 2 is 1.66 bits per heavy atom. The molecule has 6 heteroatoms. The molecule has 3 aromatic carbocycles. The van der Waals surface area contributed by atoms with E-state index in [1.54, 1.807) is 12.1 Å². The van der Waals surface area contributed by atoms with E-state index in [1.165, 1.54) is 25.7 Å². The van der Waals surface area contributed by atoms with Gasteiger partial charge in [0.15, 0.2) is 5.78 Å².